The van der Waals surface area contributed by atoms with Crippen molar-refractivity contribution in [2.75, 3.05) is 13.2 Å². The predicted molar refractivity (Wildman–Crippen MR) is 114 cm³/mol. The number of nitrogens with one attached hydrogen (secondary N) is 3. The number of carbonyl (C=O) groups excluding carboxylic acids is 1. The Kier molecular flexibility index (Phi) is 8.50. The second-order valence-corrected chi connectivity index (χ2v) is 9.88. The quantitative estimate of drug-likeness (QED) is 0.494. The molecule has 2 amide bonds. The van der Waals surface area contributed by atoms with Gasteiger partial charge < -0.3 is 20.5 Å². The number of aliphatic hydroxyl groups is 1. The number of rotatable bonds is 8. The summed E-state index contributed by atoms with van der Waals surface area (Å²) in [6.07, 6.45) is 6.76. The highest BCUT2D eigenvalue weighted by molar-refractivity contribution is 7.89. The van der Waals surface area contributed by atoms with Gasteiger partial charge in [-0.2, -0.15) is 0 Å². The first kappa shape index (κ1) is 23.0. The Morgan fingerprint density at radius 2 is 1.77 bits per heavy atom. The van der Waals surface area contributed by atoms with Crippen molar-refractivity contribution in [3.63, 3.8) is 0 Å². The van der Waals surface area contributed by atoms with Gasteiger partial charge in [0.05, 0.1) is 23.6 Å². The molecule has 0 spiro atoms. The molecule has 3 atom stereocenters. The van der Waals surface area contributed by atoms with E-state index in [1.807, 2.05) is 0 Å². The van der Waals surface area contributed by atoms with Crippen LogP contribution < -0.4 is 15.4 Å². The second-order valence-electron chi connectivity index (χ2n) is 8.12. The van der Waals surface area contributed by atoms with Crippen molar-refractivity contribution in [2.24, 2.45) is 0 Å². The summed E-state index contributed by atoms with van der Waals surface area (Å²) < 4.78 is 33.1. The number of urea groups is 1. The van der Waals surface area contributed by atoms with Gasteiger partial charge in [0, 0.05) is 12.6 Å². The van der Waals surface area contributed by atoms with E-state index < -0.39 is 16.1 Å². The van der Waals surface area contributed by atoms with Gasteiger partial charge in [-0.05, 0) is 44.2 Å². The Labute approximate surface area is 178 Å². The van der Waals surface area contributed by atoms with Crippen LogP contribution in [0.3, 0.4) is 0 Å². The van der Waals surface area contributed by atoms with E-state index in [0.29, 0.717) is 19.3 Å². The number of ether oxygens (including phenoxy) is 1. The molecule has 9 heteroatoms. The van der Waals surface area contributed by atoms with Crippen molar-refractivity contribution in [3.05, 3.63) is 30.3 Å². The van der Waals surface area contributed by atoms with E-state index in [-0.39, 0.29) is 42.3 Å². The molecule has 30 heavy (non-hydrogen) atoms. The van der Waals surface area contributed by atoms with Crippen molar-refractivity contribution in [1.29, 1.82) is 0 Å². The van der Waals surface area contributed by atoms with Gasteiger partial charge >= 0.3 is 6.03 Å². The Morgan fingerprint density at radius 1 is 1.03 bits per heavy atom. The van der Waals surface area contributed by atoms with Crippen LogP contribution in [0.1, 0.15) is 51.4 Å². The third-order valence-electron chi connectivity index (χ3n) is 5.86. The molecular weight excluding hydrogens is 406 g/mol. The second kappa shape index (κ2) is 11.1. The zero-order valence-electron chi connectivity index (χ0n) is 17.3. The van der Waals surface area contributed by atoms with Gasteiger partial charge in [-0.25, -0.2) is 17.9 Å². The first-order chi connectivity index (χ1) is 14.5. The molecule has 1 saturated heterocycles. The largest absolute Gasteiger partial charge is 0.394 e. The summed E-state index contributed by atoms with van der Waals surface area (Å²) in [7, 11) is -3.54. The third-order valence-corrected chi connectivity index (χ3v) is 7.34. The Hall–Kier alpha value is -1.68. The molecule has 1 aromatic carbocycles. The van der Waals surface area contributed by atoms with Crippen molar-refractivity contribution >= 4 is 16.1 Å². The summed E-state index contributed by atoms with van der Waals surface area (Å²) in [4.78, 5) is 12.5. The van der Waals surface area contributed by atoms with E-state index in [4.69, 9.17) is 4.74 Å². The first-order valence-corrected chi connectivity index (χ1v) is 12.3. The Balaban J connectivity index is 1.42. The maximum absolute atomic E-state index is 12.3. The van der Waals surface area contributed by atoms with Gasteiger partial charge in [0.15, 0.2) is 0 Å². The van der Waals surface area contributed by atoms with E-state index in [1.165, 1.54) is 6.42 Å². The lowest BCUT2D eigenvalue weighted by atomic mass is 9.95. The zero-order valence-corrected chi connectivity index (χ0v) is 18.1. The van der Waals surface area contributed by atoms with Crippen LogP contribution in [0.5, 0.6) is 0 Å². The van der Waals surface area contributed by atoms with Gasteiger partial charge in [-0.1, -0.05) is 37.5 Å². The molecule has 168 valence electrons. The van der Waals surface area contributed by atoms with Crippen LogP contribution in [0.4, 0.5) is 4.79 Å². The molecule has 1 aliphatic carbocycles. The third kappa shape index (κ3) is 6.66. The number of aliphatic hydroxyl groups excluding tert-OH is 1. The summed E-state index contributed by atoms with van der Waals surface area (Å²) in [5.41, 5.74) is 0. The zero-order chi connectivity index (χ0) is 21.4. The van der Waals surface area contributed by atoms with Crippen molar-refractivity contribution in [2.45, 2.75) is 80.6 Å². The Bertz CT molecular complexity index is 768. The molecule has 1 saturated carbocycles. The number of hydrogen-bond acceptors (Lipinski definition) is 5. The highest BCUT2D eigenvalue weighted by atomic mass is 32.2. The highest BCUT2D eigenvalue weighted by Crippen LogP contribution is 2.22. The molecule has 1 aliphatic heterocycles. The monoisotopic (exact) mass is 439 g/mol. The fourth-order valence-corrected chi connectivity index (χ4v) is 5.26. The average Bonchev–Trinajstić information content (AvgIpc) is 2.76. The number of benzene rings is 1. The van der Waals surface area contributed by atoms with Crippen LogP contribution in [-0.4, -0.2) is 57.0 Å². The van der Waals surface area contributed by atoms with Crippen LogP contribution in [0, 0.1) is 0 Å². The molecule has 3 rings (SSSR count). The molecule has 0 radical (unpaired) electrons. The lowest BCUT2D eigenvalue weighted by Crippen LogP contribution is -2.55. The lowest BCUT2D eigenvalue weighted by Gasteiger charge is -2.36. The number of carbonyl (C=O) groups is 1. The summed E-state index contributed by atoms with van der Waals surface area (Å²) in [6.45, 7) is 0.0565. The smallest absolute Gasteiger partial charge is 0.315 e. The maximum atomic E-state index is 12.3. The number of sulfonamides is 1. The van der Waals surface area contributed by atoms with Crippen LogP contribution in [0.15, 0.2) is 35.2 Å². The predicted octanol–water partition coefficient (Wildman–Crippen LogP) is 1.90. The molecular formula is C21H33N3O5S. The number of hydrogen-bond donors (Lipinski definition) is 4. The highest BCUT2D eigenvalue weighted by Gasteiger charge is 2.32. The molecule has 4 N–H and O–H groups in total. The van der Waals surface area contributed by atoms with Gasteiger partial charge in [0.1, 0.15) is 6.10 Å². The van der Waals surface area contributed by atoms with Crippen LogP contribution >= 0.6 is 0 Å². The van der Waals surface area contributed by atoms with Crippen molar-refractivity contribution < 1.29 is 23.1 Å². The fraction of sp³-hybridized carbons (Fsp3) is 0.667. The van der Waals surface area contributed by atoms with E-state index in [1.54, 1.807) is 30.3 Å². The average molecular weight is 440 g/mol. The number of amides is 2. The minimum Gasteiger partial charge on any atom is -0.394 e. The van der Waals surface area contributed by atoms with E-state index in [2.05, 4.69) is 15.4 Å². The van der Waals surface area contributed by atoms with Gasteiger partial charge in [0.25, 0.3) is 0 Å². The SMILES string of the molecule is O=C(NC1CCCCC1)N[C@H]1CC[C@@H](CCNS(=O)(=O)c2ccccc2)O[C@@H]1CO. The molecule has 0 unspecified atom stereocenters. The van der Waals surface area contributed by atoms with E-state index in [9.17, 15) is 18.3 Å². The van der Waals surface area contributed by atoms with Crippen LogP contribution in [0.25, 0.3) is 0 Å². The summed E-state index contributed by atoms with van der Waals surface area (Å²) >= 11 is 0. The van der Waals surface area contributed by atoms with Gasteiger partial charge in [-0.3, -0.25) is 0 Å². The topological polar surface area (TPSA) is 117 Å². The molecule has 0 aromatic heterocycles. The molecule has 0 bridgehead atoms. The molecule has 1 heterocycles. The summed E-state index contributed by atoms with van der Waals surface area (Å²) in [5.74, 6) is 0. The van der Waals surface area contributed by atoms with Gasteiger partial charge in [0.2, 0.25) is 10.0 Å². The van der Waals surface area contributed by atoms with Crippen LogP contribution in [-0.2, 0) is 14.8 Å². The van der Waals surface area contributed by atoms with Gasteiger partial charge in [-0.15, -0.1) is 0 Å². The minimum absolute atomic E-state index is 0.167. The van der Waals surface area contributed by atoms with E-state index in [0.717, 1.165) is 25.7 Å². The minimum atomic E-state index is -3.54. The van der Waals surface area contributed by atoms with E-state index >= 15 is 0 Å². The molecule has 8 nitrogen and oxygen atoms in total. The van der Waals surface area contributed by atoms with Crippen LogP contribution in [0.2, 0.25) is 0 Å². The maximum Gasteiger partial charge on any atom is 0.315 e. The molecule has 1 aromatic rings. The first-order valence-electron chi connectivity index (χ1n) is 10.9. The van der Waals surface area contributed by atoms with Crippen molar-refractivity contribution in [1.82, 2.24) is 15.4 Å². The standard InChI is InChI=1S/C21H33N3O5S/c25-15-20-19(24-21(26)23-16-7-3-1-4-8-16)12-11-17(29-20)13-14-22-30(27,28)18-9-5-2-6-10-18/h2,5-6,9-10,16-17,19-20,22,25H,1,3-4,7-8,11-15H2,(H2,23,24,26)/t17-,19-,20+/m0/s1. The molecule has 2 fully saturated rings. The summed E-state index contributed by atoms with van der Waals surface area (Å²) in [5, 5.41) is 15.7. The van der Waals surface area contributed by atoms with Crippen molar-refractivity contribution in [3.8, 4) is 0 Å². The lowest BCUT2D eigenvalue weighted by molar-refractivity contribution is -0.0887. The molecule has 2 aliphatic rings. The fourth-order valence-electron chi connectivity index (χ4n) is 4.19. The Morgan fingerprint density at radius 3 is 2.47 bits per heavy atom. The normalized spacial score (nSPS) is 25.6. The summed E-state index contributed by atoms with van der Waals surface area (Å²) in [6, 6.07) is 8.00.